The van der Waals surface area contributed by atoms with Crippen LogP contribution in [-0.2, 0) is 0 Å². The Bertz CT molecular complexity index is 557. The van der Waals surface area contributed by atoms with Gasteiger partial charge in [-0.3, -0.25) is 9.97 Å². The SMILES string of the molecule is CCC(C)(O)CNc1ccnc2cc(Br)cnc12. The molecule has 0 amide bonds. The van der Waals surface area contributed by atoms with Crippen molar-refractivity contribution in [2.45, 2.75) is 25.9 Å². The lowest BCUT2D eigenvalue weighted by molar-refractivity contribution is 0.0698. The van der Waals surface area contributed by atoms with Gasteiger partial charge in [-0.15, -0.1) is 0 Å². The van der Waals surface area contributed by atoms with Gasteiger partial charge in [-0.2, -0.15) is 0 Å². The number of nitrogens with one attached hydrogen (secondary N) is 1. The first-order chi connectivity index (χ1) is 8.52. The number of halogens is 1. The molecule has 2 rings (SSSR count). The van der Waals surface area contributed by atoms with Crippen molar-refractivity contribution in [3.05, 3.63) is 29.0 Å². The number of rotatable bonds is 4. The molecule has 0 fully saturated rings. The predicted octanol–water partition coefficient (Wildman–Crippen LogP) is 2.97. The Labute approximate surface area is 115 Å². The number of aliphatic hydroxyl groups is 1. The van der Waals surface area contributed by atoms with Crippen molar-refractivity contribution in [2.24, 2.45) is 0 Å². The average molecular weight is 310 g/mol. The molecule has 18 heavy (non-hydrogen) atoms. The third kappa shape index (κ3) is 2.97. The van der Waals surface area contributed by atoms with Crippen molar-refractivity contribution in [3.8, 4) is 0 Å². The molecule has 2 heterocycles. The summed E-state index contributed by atoms with van der Waals surface area (Å²) < 4.78 is 0.903. The molecule has 1 unspecified atom stereocenters. The molecule has 0 saturated carbocycles. The normalized spacial score (nSPS) is 14.4. The van der Waals surface area contributed by atoms with E-state index in [1.54, 1.807) is 12.4 Å². The number of hydrogen-bond acceptors (Lipinski definition) is 4. The summed E-state index contributed by atoms with van der Waals surface area (Å²) in [5, 5.41) is 13.2. The van der Waals surface area contributed by atoms with E-state index in [0.29, 0.717) is 13.0 Å². The van der Waals surface area contributed by atoms with E-state index in [9.17, 15) is 5.11 Å². The summed E-state index contributed by atoms with van der Waals surface area (Å²) >= 11 is 3.38. The third-order valence-electron chi connectivity index (χ3n) is 2.97. The maximum atomic E-state index is 9.99. The predicted molar refractivity (Wildman–Crippen MR) is 76.6 cm³/mol. The van der Waals surface area contributed by atoms with Crippen molar-refractivity contribution >= 4 is 32.7 Å². The Kier molecular flexibility index (Phi) is 3.82. The Hall–Kier alpha value is -1.20. The minimum atomic E-state index is -0.717. The fraction of sp³-hybridized carbons (Fsp3) is 0.385. The molecule has 0 radical (unpaired) electrons. The van der Waals surface area contributed by atoms with Gasteiger partial charge in [0.1, 0.15) is 5.52 Å². The van der Waals surface area contributed by atoms with Crippen LogP contribution in [0.2, 0.25) is 0 Å². The summed E-state index contributed by atoms with van der Waals surface area (Å²) in [5.74, 6) is 0. The summed E-state index contributed by atoms with van der Waals surface area (Å²) in [7, 11) is 0. The number of nitrogens with zero attached hydrogens (tertiary/aromatic N) is 2. The number of aromatic nitrogens is 2. The van der Waals surface area contributed by atoms with Gasteiger partial charge in [-0.05, 0) is 41.4 Å². The number of fused-ring (bicyclic) bond motifs is 1. The van der Waals surface area contributed by atoms with Crippen LogP contribution in [0.15, 0.2) is 29.0 Å². The van der Waals surface area contributed by atoms with Gasteiger partial charge in [0, 0.05) is 23.4 Å². The largest absolute Gasteiger partial charge is 0.388 e. The van der Waals surface area contributed by atoms with E-state index in [1.165, 1.54) is 0 Å². The fourth-order valence-electron chi connectivity index (χ4n) is 1.56. The van der Waals surface area contributed by atoms with Crippen LogP contribution in [0.1, 0.15) is 20.3 Å². The van der Waals surface area contributed by atoms with E-state index in [0.717, 1.165) is 21.2 Å². The monoisotopic (exact) mass is 309 g/mol. The Morgan fingerprint density at radius 2 is 2.22 bits per heavy atom. The highest BCUT2D eigenvalue weighted by Gasteiger charge is 2.17. The lowest BCUT2D eigenvalue weighted by Crippen LogP contribution is -2.32. The van der Waals surface area contributed by atoms with Gasteiger partial charge < -0.3 is 10.4 Å². The molecule has 0 aliphatic rings. The third-order valence-corrected chi connectivity index (χ3v) is 3.40. The molecule has 5 heteroatoms. The van der Waals surface area contributed by atoms with Crippen molar-refractivity contribution in [2.75, 3.05) is 11.9 Å². The smallest absolute Gasteiger partial charge is 0.112 e. The molecule has 0 spiro atoms. The molecule has 0 saturated heterocycles. The quantitative estimate of drug-likeness (QED) is 0.911. The molecule has 1 atom stereocenters. The summed E-state index contributed by atoms with van der Waals surface area (Å²) in [4.78, 5) is 8.63. The second-order valence-corrected chi connectivity index (χ2v) is 5.50. The number of anilines is 1. The number of pyridine rings is 2. The highest BCUT2D eigenvalue weighted by atomic mass is 79.9. The van der Waals surface area contributed by atoms with Crippen molar-refractivity contribution < 1.29 is 5.11 Å². The minimum absolute atomic E-state index is 0.486. The van der Waals surface area contributed by atoms with Crippen LogP contribution in [-0.4, -0.2) is 27.2 Å². The van der Waals surface area contributed by atoms with E-state index < -0.39 is 5.60 Å². The molecule has 0 aliphatic carbocycles. The van der Waals surface area contributed by atoms with E-state index in [1.807, 2.05) is 26.0 Å². The zero-order valence-electron chi connectivity index (χ0n) is 10.4. The molecule has 0 aromatic carbocycles. The molecule has 0 bridgehead atoms. The van der Waals surface area contributed by atoms with Crippen LogP contribution in [0.5, 0.6) is 0 Å². The highest BCUT2D eigenvalue weighted by Crippen LogP contribution is 2.22. The van der Waals surface area contributed by atoms with Crippen molar-refractivity contribution in [1.29, 1.82) is 0 Å². The van der Waals surface area contributed by atoms with Gasteiger partial charge >= 0.3 is 0 Å². The number of hydrogen-bond donors (Lipinski definition) is 2. The van der Waals surface area contributed by atoms with Crippen molar-refractivity contribution in [1.82, 2.24) is 9.97 Å². The topological polar surface area (TPSA) is 58.0 Å². The van der Waals surface area contributed by atoms with Crippen LogP contribution in [0.4, 0.5) is 5.69 Å². The molecule has 2 aromatic heterocycles. The second-order valence-electron chi connectivity index (χ2n) is 4.58. The van der Waals surface area contributed by atoms with Crippen LogP contribution in [0, 0.1) is 0 Å². The molecule has 2 N–H and O–H groups in total. The van der Waals surface area contributed by atoms with E-state index in [4.69, 9.17) is 0 Å². The fourth-order valence-corrected chi connectivity index (χ4v) is 1.88. The Morgan fingerprint density at radius 1 is 1.44 bits per heavy atom. The maximum absolute atomic E-state index is 9.99. The van der Waals surface area contributed by atoms with Crippen LogP contribution in [0.25, 0.3) is 11.0 Å². The van der Waals surface area contributed by atoms with Gasteiger partial charge in [0.25, 0.3) is 0 Å². The first kappa shape index (κ1) is 13.2. The van der Waals surface area contributed by atoms with Gasteiger partial charge in [-0.1, -0.05) is 6.92 Å². The minimum Gasteiger partial charge on any atom is -0.388 e. The molecule has 0 aliphatic heterocycles. The highest BCUT2D eigenvalue weighted by molar-refractivity contribution is 9.10. The summed E-state index contributed by atoms with van der Waals surface area (Å²) in [6.07, 6.45) is 4.18. The molecule has 2 aromatic rings. The first-order valence-electron chi connectivity index (χ1n) is 5.88. The summed E-state index contributed by atoms with van der Waals surface area (Å²) in [5.41, 5.74) is 1.81. The van der Waals surface area contributed by atoms with E-state index in [2.05, 4.69) is 31.2 Å². The van der Waals surface area contributed by atoms with Crippen LogP contribution >= 0.6 is 15.9 Å². The molecule has 4 nitrogen and oxygen atoms in total. The molecular formula is C13H16BrN3O. The maximum Gasteiger partial charge on any atom is 0.112 e. The average Bonchev–Trinajstić information content (AvgIpc) is 2.36. The van der Waals surface area contributed by atoms with Crippen LogP contribution in [0.3, 0.4) is 0 Å². The summed E-state index contributed by atoms with van der Waals surface area (Å²) in [6.45, 7) is 4.26. The lowest BCUT2D eigenvalue weighted by Gasteiger charge is -2.22. The van der Waals surface area contributed by atoms with Crippen molar-refractivity contribution in [3.63, 3.8) is 0 Å². The first-order valence-corrected chi connectivity index (χ1v) is 6.67. The van der Waals surface area contributed by atoms with Gasteiger partial charge in [-0.25, -0.2) is 0 Å². The molecular weight excluding hydrogens is 294 g/mol. The van der Waals surface area contributed by atoms with Gasteiger partial charge in [0.2, 0.25) is 0 Å². The standard InChI is InChI=1S/C13H16BrN3O/c1-3-13(2,18)8-17-10-4-5-15-11-6-9(14)7-16-12(10)11/h4-7,18H,3,8H2,1-2H3,(H,15,17). The van der Waals surface area contributed by atoms with Gasteiger partial charge in [0.05, 0.1) is 16.8 Å². The molecule has 96 valence electrons. The zero-order chi connectivity index (χ0) is 13.2. The lowest BCUT2D eigenvalue weighted by atomic mass is 10.0. The summed E-state index contributed by atoms with van der Waals surface area (Å²) in [6, 6.07) is 3.79. The Balaban J connectivity index is 2.29. The van der Waals surface area contributed by atoms with Crippen LogP contribution < -0.4 is 5.32 Å². The van der Waals surface area contributed by atoms with Gasteiger partial charge in [0.15, 0.2) is 0 Å². The van der Waals surface area contributed by atoms with E-state index in [-0.39, 0.29) is 0 Å². The second kappa shape index (κ2) is 5.20. The Morgan fingerprint density at radius 3 is 2.94 bits per heavy atom. The zero-order valence-corrected chi connectivity index (χ0v) is 12.0. The van der Waals surface area contributed by atoms with E-state index >= 15 is 0 Å².